The van der Waals surface area contributed by atoms with Gasteiger partial charge in [-0.15, -0.1) is 0 Å². The summed E-state index contributed by atoms with van der Waals surface area (Å²) in [7, 11) is 0. The Labute approximate surface area is 180 Å². The highest BCUT2D eigenvalue weighted by Gasteiger charge is 2.08. The maximum absolute atomic E-state index is 6.13. The molecule has 5 aromatic rings. The van der Waals surface area contributed by atoms with Crippen LogP contribution in [-0.2, 0) is 0 Å². The van der Waals surface area contributed by atoms with Crippen LogP contribution in [0.15, 0.2) is 103 Å². The van der Waals surface area contributed by atoms with Gasteiger partial charge in [-0.1, -0.05) is 42.5 Å². The SMILES string of the molecule is Cc1ccnc(Oc2cccc(Oc3cccc(-c4nccc5ccccc45)c3)c2)c1. The van der Waals surface area contributed by atoms with Gasteiger partial charge >= 0.3 is 0 Å². The molecule has 2 aromatic heterocycles. The standard InChI is InChI=1S/C27H20N2O2/c1-19-12-14-28-26(16-19)31-24-10-5-9-23(18-24)30-22-8-4-7-21(17-22)27-25-11-3-2-6-20(25)13-15-29-27/h2-18H,1H3. The predicted octanol–water partition coefficient (Wildman–Crippen LogP) is 7.19. The summed E-state index contributed by atoms with van der Waals surface area (Å²) in [5, 5.41) is 2.27. The number of ether oxygens (including phenoxy) is 2. The quantitative estimate of drug-likeness (QED) is 0.311. The van der Waals surface area contributed by atoms with Crippen molar-refractivity contribution in [3.8, 4) is 34.4 Å². The van der Waals surface area contributed by atoms with Crippen LogP contribution in [0, 0.1) is 6.92 Å². The molecule has 0 bridgehead atoms. The van der Waals surface area contributed by atoms with Crippen LogP contribution in [0.5, 0.6) is 23.1 Å². The number of hydrogen-bond donors (Lipinski definition) is 0. The van der Waals surface area contributed by atoms with E-state index < -0.39 is 0 Å². The third-order valence-electron chi connectivity index (χ3n) is 4.94. The van der Waals surface area contributed by atoms with Gasteiger partial charge in [0, 0.05) is 35.5 Å². The highest BCUT2D eigenvalue weighted by Crippen LogP contribution is 2.32. The van der Waals surface area contributed by atoms with Gasteiger partial charge in [-0.2, -0.15) is 0 Å². The third kappa shape index (κ3) is 4.23. The molecular weight excluding hydrogens is 384 g/mol. The van der Waals surface area contributed by atoms with Crippen LogP contribution in [0.4, 0.5) is 0 Å². The van der Waals surface area contributed by atoms with Crippen molar-refractivity contribution in [2.75, 3.05) is 0 Å². The van der Waals surface area contributed by atoms with Crippen LogP contribution in [-0.4, -0.2) is 9.97 Å². The first kappa shape index (κ1) is 18.8. The summed E-state index contributed by atoms with van der Waals surface area (Å²) in [6.07, 6.45) is 3.57. The van der Waals surface area contributed by atoms with Crippen molar-refractivity contribution in [2.24, 2.45) is 0 Å². The van der Waals surface area contributed by atoms with Crippen molar-refractivity contribution < 1.29 is 9.47 Å². The maximum atomic E-state index is 6.13. The molecule has 4 nitrogen and oxygen atoms in total. The molecule has 0 atom stereocenters. The molecular formula is C27H20N2O2. The summed E-state index contributed by atoms with van der Waals surface area (Å²) in [6.45, 7) is 2.01. The topological polar surface area (TPSA) is 44.2 Å². The monoisotopic (exact) mass is 404 g/mol. The van der Waals surface area contributed by atoms with Crippen molar-refractivity contribution in [1.29, 1.82) is 0 Å². The molecule has 5 rings (SSSR count). The van der Waals surface area contributed by atoms with Gasteiger partial charge < -0.3 is 9.47 Å². The minimum absolute atomic E-state index is 0.557. The van der Waals surface area contributed by atoms with Crippen LogP contribution in [0.25, 0.3) is 22.0 Å². The van der Waals surface area contributed by atoms with E-state index in [1.807, 2.05) is 92.0 Å². The molecule has 4 heteroatoms. The van der Waals surface area contributed by atoms with Crippen molar-refractivity contribution in [2.45, 2.75) is 6.92 Å². The lowest BCUT2D eigenvalue weighted by atomic mass is 10.0. The second-order valence-electron chi connectivity index (χ2n) is 7.26. The summed E-state index contributed by atoms with van der Waals surface area (Å²) < 4.78 is 12.0. The molecule has 3 aromatic carbocycles. The van der Waals surface area contributed by atoms with Gasteiger partial charge in [0.25, 0.3) is 0 Å². The lowest BCUT2D eigenvalue weighted by Crippen LogP contribution is -1.90. The first-order chi connectivity index (χ1) is 15.2. The number of hydrogen-bond acceptors (Lipinski definition) is 4. The number of aromatic nitrogens is 2. The number of aryl methyl sites for hydroxylation is 1. The van der Waals surface area contributed by atoms with Gasteiger partial charge in [-0.05, 0) is 54.3 Å². The van der Waals surface area contributed by atoms with Gasteiger partial charge in [-0.25, -0.2) is 4.98 Å². The van der Waals surface area contributed by atoms with E-state index in [1.54, 1.807) is 6.20 Å². The molecule has 0 saturated heterocycles. The highest BCUT2D eigenvalue weighted by atomic mass is 16.5. The molecule has 0 saturated carbocycles. The Balaban J connectivity index is 1.41. The highest BCUT2D eigenvalue weighted by molar-refractivity contribution is 5.94. The molecule has 0 aliphatic carbocycles. The van der Waals surface area contributed by atoms with E-state index in [0.717, 1.165) is 33.3 Å². The molecule has 0 radical (unpaired) electrons. The van der Waals surface area contributed by atoms with Crippen molar-refractivity contribution in [1.82, 2.24) is 9.97 Å². The molecule has 150 valence electrons. The predicted molar refractivity (Wildman–Crippen MR) is 123 cm³/mol. The fourth-order valence-electron chi connectivity index (χ4n) is 3.48. The van der Waals surface area contributed by atoms with Crippen molar-refractivity contribution >= 4 is 10.8 Å². The zero-order valence-electron chi connectivity index (χ0n) is 17.0. The summed E-state index contributed by atoms with van der Waals surface area (Å²) in [6, 6.07) is 29.6. The van der Waals surface area contributed by atoms with Gasteiger partial charge in [0.1, 0.15) is 17.2 Å². The van der Waals surface area contributed by atoms with Crippen LogP contribution in [0.1, 0.15) is 5.56 Å². The number of benzene rings is 3. The number of fused-ring (bicyclic) bond motifs is 1. The van der Waals surface area contributed by atoms with Crippen LogP contribution < -0.4 is 9.47 Å². The number of nitrogens with zero attached hydrogens (tertiary/aromatic N) is 2. The first-order valence-corrected chi connectivity index (χ1v) is 10.1. The molecule has 0 aliphatic heterocycles. The molecule has 0 unspecified atom stereocenters. The van der Waals surface area contributed by atoms with Crippen LogP contribution >= 0.6 is 0 Å². The molecule has 31 heavy (non-hydrogen) atoms. The summed E-state index contributed by atoms with van der Waals surface area (Å²) in [5.74, 6) is 2.65. The fourth-order valence-corrected chi connectivity index (χ4v) is 3.48. The van der Waals surface area contributed by atoms with Gasteiger partial charge in [-0.3, -0.25) is 4.98 Å². The average molecular weight is 404 g/mol. The van der Waals surface area contributed by atoms with E-state index in [2.05, 4.69) is 22.1 Å². The average Bonchev–Trinajstić information content (AvgIpc) is 2.79. The number of pyridine rings is 2. The summed E-state index contributed by atoms with van der Waals surface area (Å²) >= 11 is 0. The van der Waals surface area contributed by atoms with E-state index in [0.29, 0.717) is 17.4 Å². The van der Waals surface area contributed by atoms with E-state index in [9.17, 15) is 0 Å². The van der Waals surface area contributed by atoms with E-state index in [1.165, 1.54) is 0 Å². The van der Waals surface area contributed by atoms with E-state index in [4.69, 9.17) is 9.47 Å². The Morgan fingerprint density at radius 2 is 1.35 bits per heavy atom. The van der Waals surface area contributed by atoms with Gasteiger partial charge in [0.15, 0.2) is 0 Å². The van der Waals surface area contributed by atoms with Gasteiger partial charge in [0.05, 0.1) is 5.69 Å². The molecule has 0 N–H and O–H groups in total. The lowest BCUT2D eigenvalue weighted by Gasteiger charge is -2.11. The maximum Gasteiger partial charge on any atom is 0.219 e. The Kier molecular flexibility index (Phi) is 5.03. The van der Waals surface area contributed by atoms with Crippen molar-refractivity contribution in [3.05, 3.63) is 109 Å². The largest absolute Gasteiger partial charge is 0.457 e. The molecule has 0 spiro atoms. The second-order valence-corrected chi connectivity index (χ2v) is 7.26. The summed E-state index contributed by atoms with van der Waals surface area (Å²) in [5.41, 5.74) is 3.04. The molecule has 0 amide bonds. The number of rotatable bonds is 5. The van der Waals surface area contributed by atoms with Gasteiger partial charge in [0.2, 0.25) is 5.88 Å². The fraction of sp³-hybridized carbons (Fsp3) is 0.0370. The zero-order valence-corrected chi connectivity index (χ0v) is 17.0. The lowest BCUT2D eigenvalue weighted by molar-refractivity contribution is 0.449. The Morgan fingerprint density at radius 3 is 2.23 bits per heavy atom. The molecule has 2 heterocycles. The smallest absolute Gasteiger partial charge is 0.219 e. The Morgan fingerprint density at radius 1 is 0.613 bits per heavy atom. The third-order valence-corrected chi connectivity index (χ3v) is 4.94. The van der Waals surface area contributed by atoms with Crippen LogP contribution in [0.3, 0.4) is 0 Å². The summed E-state index contributed by atoms with van der Waals surface area (Å²) in [4.78, 5) is 8.86. The normalized spacial score (nSPS) is 10.7. The van der Waals surface area contributed by atoms with E-state index >= 15 is 0 Å². The van der Waals surface area contributed by atoms with Crippen molar-refractivity contribution in [3.63, 3.8) is 0 Å². The molecule has 0 aliphatic rings. The Bertz CT molecular complexity index is 1360. The first-order valence-electron chi connectivity index (χ1n) is 10.1. The van der Waals surface area contributed by atoms with Crippen LogP contribution in [0.2, 0.25) is 0 Å². The molecule has 0 fully saturated rings. The minimum atomic E-state index is 0.557. The Hall–Kier alpha value is -4.18. The van der Waals surface area contributed by atoms with E-state index in [-0.39, 0.29) is 0 Å². The zero-order chi connectivity index (χ0) is 21.0. The second kappa shape index (κ2) is 8.28. The minimum Gasteiger partial charge on any atom is -0.457 e.